The van der Waals surface area contributed by atoms with Crippen LogP contribution < -0.4 is 10.6 Å². The van der Waals surface area contributed by atoms with Crippen LogP contribution in [0.3, 0.4) is 0 Å². The van der Waals surface area contributed by atoms with E-state index in [0.717, 1.165) is 24.9 Å². The Morgan fingerprint density at radius 2 is 2.33 bits per heavy atom. The summed E-state index contributed by atoms with van der Waals surface area (Å²) in [7, 11) is 0. The van der Waals surface area contributed by atoms with Gasteiger partial charge in [0.1, 0.15) is 0 Å². The second kappa shape index (κ2) is 5.10. The van der Waals surface area contributed by atoms with Crippen LogP contribution in [0.2, 0.25) is 0 Å². The lowest BCUT2D eigenvalue weighted by atomic mass is 9.89. The maximum Gasteiger partial charge on any atom is 0.0299 e. The minimum absolute atomic E-state index is 0.798. The lowest BCUT2D eigenvalue weighted by molar-refractivity contribution is 0.242. The number of nitrogens with one attached hydrogen (secondary N) is 2. The van der Waals surface area contributed by atoms with Crippen molar-refractivity contribution >= 4 is 11.3 Å². The van der Waals surface area contributed by atoms with Gasteiger partial charge < -0.3 is 10.6 Å². The summed E-state index contributed by atoms with van der Waals surface area (Å²) in [4.78, 5) is 2.86. The summed E-state index contributed by atoms with van der Waals surface area (Å²) in [6.45, 7) is 9.10. The summed E-state index contributed by atoms with van der Waals surface area (Å²) in [5.74, 6) is 1.69. The SMILES string of the molecule is Cc1ccc(CNCC(C)C2CNC2)s1. The molecule has 0 bridgehead atoms. The smallest absolute Gasteiger partial charge is 0.0299 e. The summed E-state index contributed by atoms with van der Waals surface area (Å²) in [6, 6.07) is 4.42. The molecule has 1 unspecified atom stereocenters. The predicted molar refractivity (Wildman–Crippen MR) is 66.3 cm³/mol. The quantitative estimate of drug-likeness (QED) is 0.799. The Morgan fingerprint density at radius 3 is 2.87 bits per heavy atom. The Morgan fingerprint density at radius 1 is 1.53 bits per heavy atom. The highest BCUT2D eigenvalue weighted by Gasteiger charge is 2.22. The van der Waals surface area contributed by atoms with Crippen LogP contribution in [0.1, 0.15) is 16.7 Å². The Balaban J connectivity index is 1.65. The molecule has 1 atom stereocenters. The molecule has 1 aliphatic rings. The standard InChI is InChI=1S/C12H20N2S/c1-9(11-6-14-7-11)5-13-8-12-4-3-10(2)15-12/h3-4,9,11,13-14H,5-8H2,1-2H3. The Kier molecular flexibility index (Phi) is 3.78. The molecule has 2 N–H and O–H groups in total. The van der Waals surface area contributed by atoms with Gasteiger partial charge in [-0.05, 0) is 50.5 Å². The molecule has 15 heavy (non-hydrogen) atoms. The normalized spacial score (nSPS) is 18.8. The molecule has 1 aromatic heterocycles. The third-order valence-electron chi connectivity index (χ3n) is 3.18. The molecule has 1 fully saturated rings. The van der Waals surface area contributed by atoms with E-state index in [4.69, 9.17) is 0 Å². The molecule has 2 nitrogen and oxygen atoms in total. The summed E-state index contributed by atoms with van der Waals surface area (Å²) in [5.41, 5.74) is 0. The van der Waals surface area contributed by atoms with E-state index < -0.39 is 0 Å². The lowest BCUT2D eigenvalue weighted by Crippen LogP contribution is -2.47. The molecule has 1 saturated heterocycles. The van der Waals surface area contributed by atoms with Crippen molar-refractivity contribution < 1.29 is 0 Å². The summed E-state index contributed by atoms with van der Waals surface area (Å²) in [6.07, 6.45) is 0. The molecule has 84 valence electrons. The molecule has 0 spiro atoms. The largest absolute Gasteiger partial charge is 0.316 e. The van der Waals surface area contributed by atoms with Crippen LogP contribution in [0.4, 0.5) is 0 Å². The first kappa shape index (κ1) is 11.1. The fourth-order valence-electron chi connectivity index (χ4n) is 1.88. The average molecular weight is 224 g/mol. The van der Waals surface area contributed by atoms with Crippen LogP contribution in [0, 0.1) is 18.8 Å². The van der Waals surface area contributed by atoms with Gasteiger partial charge in [0.05, 0.1) is 0 Å². The molecule has 2 rings (SSSR count). The van der Waals surface area contributed by atoms with Gasteiger partial charge in [-0.2, -0.15) is 0 Å². The fourth-order valence-corrected chi connectivity index (χ4v) is 2.74. The fraction of sp³-hybridized carbons (Fsp3) is 0.667. The molecule has 0 amide bonds. The van der Waals surface area contributed by atoms with Gasteiger partial charge in [-0.3, -0.25) is 0 Å². The maximum atomic E-state index is 3.55. The molecule has 1 aliphatic heterocycles. The molecule has 0 saturated carbocycles. The molecular weight excluding hydrogens is 204 g/mol. The van der Waals surface area contributed by atoms with E-state index in [2.05, 4.69) is 36.6 Å². The molecule has 3 heteroatoms. The van der Waals surface area contributed by atoms with Gasteiger partial charge in [0.25, 0.3) is 0 Å². The van der Waals surface area contributed by atoms with Crippen molar-refractivity contribution in [1.82, 2.24) is 10.6 Å². The minimum Gasteiger partial charge on any atom is -0.316 e. The topological polar surface area (TPSA) is 24.1 Å². The average Bonchev–Trinajstić information content (AvgIpc) is 2.48. The summed E-state index contributed by atoms with van der Waals surface area (Å²) < 4.78 is 0. The zero-order chi connectivity index (χ0) is 10.7. The first-order valence-electron chi connectivity index (χ1n) is 5.72. The third-order valence-corrected chi connectivity index (χ3v) is 4.18. The van der Waals surface area contributed by atoms with E-state index in [-0.39, 0.29) is 0 Å². The molecular formula is C12H20N2S. The molecule has 0 aliphatic carbocycles. The monoisotopic (exact) mass is 224 g/mol. The highest BCUT2D eigenvalue weighted by atomic mass is 32.1. The Bertz CT molecular complexity index is 304. The summed E-state index contributed by atoms with van der Waals surface area (Å²) >= 11 is 1.89. The van der Waals surface area contributed by atoms with Gasteiger partial charge in [-0.25, -0.2) is 0 Å². The van der Waals surface area contributed by atoms with E-state index in [0.29, 0.717) is 0 Å². The molecule has 0 aromatic carbocycles. The minimum atomic E-state index is 0.798. The predicted octanol–water partition coefficient (Wildman–Crippen LogP) is 2.00. The van der Waals surface area contributed by atoms with Crippen LogP contribution in [-0.2, 0) is 6.54 Å². The van der Waals surface area contributed by atoms with Crippen LogP contribution in [0.25, 0.3) is 0 Å². The molecule has 1 aromatic rings. The second-order valence-electron chi connectivity index (χ2n) is 4.54. The van der Waals surface area contributed by atoms with Crippen LogP contribution in [0.5, 0.6) is 0 Å². The van der Waals surface area contributed by atoms with Crippen molar-refractivity contribution in [3.8, 4) is 0 Å². The van der Waals surface area contributed by atoms with Crippen molar-refractivity contribution in [3.63, 3.8) is 0 Å². The van der Waals surface area contributed by atoms with Gasteiger partial charge in [0.15, 0.2) is 0 Å². The number of aryl methyl sites for hydroxylation is 1. The number of hydrogen-bond donors (Lipinski definition) is 2. The van der Waals surface area contributed by atoms with Crippen molar-refractivity contribution in [2.24, 2.45) is 11.8 Å². The van der Waals surface area contributed by atoms with Crippen molar-refractivity contribution in [3.05, 3.63) is 21.9 Å². The van der Waals surface area contributed by atoms with Gasteiger partial charge >= 0.3 is 0 Å². The Labute approximate surface area is 96.1 Å². The first-order valence-corrected chi connectivity index (χ1v) is 6.54. The molecule has 0 radical (unpaired) electrons. The van der Waals surface area contributed by atoms with E-state index in [1.54, 1.807) is 0 Å². The lowest BCUT2D eigenvalue weighted by Gasteiger charge is -2.32. The van der Waals surface area contributed by atoms with Crippen LogP contribution >= 0.6 is 11.3 Å². The first-order chi connectivity index (χ1) is 7.25. The van der Waals surface area contributed by atoms with Gasteiger partial charge in [-0.1, -0.05) is 6.92 Å². The number of hydrogen-bond acceptors (Lipinski definition) is 3. The maximum absolute atomic E-state index is 3.55. The zero-order valence-corrected chi connectivity index (χ0v) is 10.4. The van der Waals surface area contributed by atoms with Crippen LogP contribution in [-0.4, -0.2) is 19.6 Å². The number of rotatable bonds is 5. The summed E-state index contributed by atoms with van der Waals surface area (Å²) in [5, 5.41) is 6.87. The van der Waals surface area contributed by atoms with Gasteiger partial charge in [0.2, 0.25) is 0 Å². The van der Waals surface area contributed by atoms with Crippen molar-refractivity contribution in [2.45, 2.75) is 20.4 Å². The van der Waals surface area contributed by atoms with Gasteiger partial charge in [0, 0.05) is 16.3 Å². The Hall–Kier alpha value is -0.380. The third kappa shape index (κ3) is 3.03. The van der Waals surface area contributed by atoms with E-state index in [1.807, 2.05) is 11.3 Å². The highest BCUT2D eigenvalue weighted by molar-refractivity contribution is 7.11. The number of thiophene rings is 1. The molecule has 2 heterocycles. The van der Waals surface area contributed by atoms with E-state index in [9.17, 15) is 0 Å². The van der Waals surface area contributed by atoms with E-state index >= 15 is 0 Å². The van der Waals surface area contributed by atoms with Crippen molar-refractivity contribution in [1.29, 1.82) is 0 Å². The highest BCUT2D eigenvalue weighted by Crippen LogP contribution is 2.16. The van der Waals surface area contributed by atoms with E-state index in [1.165, 1.54) is 22.8 Å². The van der Waals surface area contributed by atoms with Gasteiger partial charge in [-0.15, -0.1) is 11.3 Å². The zero-order valence-electron chi connectivity index (χ0n) is 9.55. The van der Waals surface area contributed by atoms with Crippen molar-refractivity contribution in [2.75, 3.05) is 19.6 Å². The second-order valence-corrected chi connectivity index (χ2v) is 5.91. The van der Waals surface area contributed by atoms with Crippen LogP contribution in [0.15, 0.2) is 12.1 Å².